The second-order valence-electron chi connectivity index (χ2n) is 5.10. The van der Waals surface area contributed by atoms with E-state index >= 15 is 0 Å². The van der Waals surface area contributed by atoms with Gasteiger partial charge in [0.2, 0.25) is 6.79 Å². The molecule has 1 amide bonds. The Bertz CT molecular complexity index is 491. The Labute approximate surface area is 128 Å². The summed E-state index contributed by atoms with van der Waals surface area (Å²) in [6.45, 7) is 5.36. The van der Waals surface area contributed by atoms with E-state index in [2.05, 4.69) is 0 Å². The van der Waals surface area contributed by atoms with Crippen LogP contribution in [0, 0.1) is 5.92 Å². The van der Waals surface area contributed by atoms with E-state index in [1.165, 1.54) is 0 Å². The van der Waals surface area contributed by atoms with Crippen molar-refractivity contribution in [3.8, 4) is 11.5 Å². The molecule has 0 spiro atoms. The SMILES string of the molecule is CC(C)CN(Cc1ccc2c(c1)OCO2)C(=O)C(Cl)Cl. The quantitative estimate of drug-likeness (QED) is 0.783. The first-order valence-corrected chi connectivity index (χ1v) is 7.30. The van der Waals surface area contributed by atoms with Gasteiger partial charge in [0.1, 0.15) is 0 Å². The highest BCUT2D eigenvalue weighted by Gasteiger charge is 2.22. The van der Waals surface area contributed by atoms with Crippen LogP contribution in [0.5, 0.6) is 11.5 Å². The number of fused-ring (bicyclic) bond motifs is 1. The average Bonchev–Trinajstić information content (AvgIpc) is 2.83. The number of benzene rings is 1. The maximum absolute atomic E-state index is 12.0. The Kier molecular flexibility index (Phi) is 5.00. The van der Waals surface area contributed by atoms with Gasteiger partial charge in [0.15, 0.2) is 16.3 Å². The monoisotopic (exact) mass is 317 g/mol. The van der Waals surface area contributed by atoms with Gasteiger partial charge in [-0.05, 0) is 23.6 Å². The number of hydrogen-bond acceptors (Lipinski definition) is 3. The number of nitrogens with zero attached hydrogens (tertiary/aromatic N) is 1. The molecule has 1 aromatic rings. The standard InChI is InChI=1S/C14H17Cl2NO3/c1-9(2)6-17(14(18)13(15)16)7-10-3-4-11-12(5-10)20-8-19-11/h3-5,9,13H,6-8H2,1-2H3. The van der Waals surface area contributed by atoms with Gasteiger partial charge in [-0.3, -0.25) is 4.79 Å². The van der Waals surface area contributed by atoms with E-state index in [9.17, 15) is 4.79 Å². The summed E-state index contributed by atoms with van der Waals surface area (Å²) < 4.78 is 10.6. The summed E-state index contributed by atoms with van der Waals surface area (Å²) in [5.74, 6) is 1.48. The number of ether oxygens (including phenoxy) is 2. The van der Waals surface area contributed by atoms with Gasteiger partial charge in [0, 0.05) is 13.1 Å². The van der Waals surface area contributed by atoms with Crippen molar-refractivity contribution in [1.82, 2.24) is 4.90 Å². The van der Waals surface area contributed by atoms with Gasteiger partial charge in [0.25, 0.3) is 5.91 Å². The van der Waals surface area contributed by atoms with Crippen molar-refractivity contribution in [3.05, 3.63) is 23.8 Å². The molecule has 0 radical (unpaired) electrons. The summed E-state index contributed by atoms with van der Waals surface area (Å²) in [7, 11) is 0. The summed E-state index contributed by atoms with van der Waals surface area (Å²) >= 11 is 11.4. The highest BCUT2D eigenvalue weighted by Crippen LogP contribution is 2.33. The molecule has 1 aromatic carbocycles. The number of amides is 1. The molecular formula is C14H17Cl2NO3. The minimum Gasteiger partial charge on any atom is -0.454 e. The number of rotatable bonds is 5. The molecule has 0 aliphatic carbocycles. The van der Waals surface area contributed by atoms with Crippen molar-refractivity contribution in [1.29, 1.82) is 0 Å². The predicted molar refractivity (Wildman–Crippen MR) is 78.3 cm³/mol. The van der Waals surface area contributed by atoms with Crippen molar-refractivity contribution in [2.75, 3.05) is 13.3 Å². The van der Waals surface area contributed by atoms with E-state index in [4.69, 9.17) is 32.7 Å². The fourth-order valence-electron chi connectivity index (χ4n) is 2.07. The van der Waals surface area contributed by atoms with Crippen LogP contribution in [-0.2, 0) is 11.3 Å². The van der Waals surface area contributed by atoms with Gasteiger partial charge in [-0.15, -0.1) is 0 Å². The molecule has 4 nitrogen and oxygen atoms in total. The topological polar surface area (TPSA) is 38.8 Å². The molecule has 2 rings (SSSR count). The van der Waals surface area contributed by atoms with Crippen LogP contribution in [0.15, 0.2) is 18.2 Å². The third-order valence-electron chi connectivity index (χ3n) is 2.89. The zero-order valence-electron chi connectivity index (χ0n) is 11.4. The lowest BCUT2D eigenvalue weighted by Crippen LogP contribution is -2.37. The van der Waals surface area contributed by atoms with Gasteiger partial charge in [-0.1, -0.05) is 43.1 Å². The molecule has 110 valence electrons. The van der Waals surface area contributed by atoms with Crippen LogP contribution in [-0.4, -0.2) is 29.0 Å². The first-order chi connectivity index (χ1) is 9.47. The summed E-state index contributed by atoms with van der Waals surface area (Å²) in [6.07, 6.45) is 0. The lowest BCUT2D eigenvalue weighted by molar-refractivity contribution is -0.130. The van der Waals surface area contributed by atoms with Crippen molar-refractivity contribution in [2.24, 2.45) is 5.92 Å². The van der Waals surface area contributed by atoms with E-state index < -0.39 is 4.84 Å². The van der Waals surface area contributed by atoms with Gasteiger partial charge in [-0.25, -0.2) is 0 Å². The molecule has 1 heterocycles. The average molecular weight is 318 g/mol. The van der Waals surface area contributed by atoms with Crippen LogP contribution in [0.25, 0.3) is 0 Å². The largest absolute Gasteiger partial charge is 0.454 e. The van der Waals surface area contributed by atoms with Crippen molar-refractivity contribution in [2.45, 2.75) is 25.2 Å². The zero-order chi connectivity index (χ0) is 14.7. The third-order valence-corrected chi connectivity index (χ3v) is 3.27. The third kappa shape index (κ3) is 3.70. The molecule has 0 bridgehead atoms. The molecule has 0 N–H and O–H groups in total. The van der Waals surface area contributed by atoms with Crippen molar-refractivity contribution in [3.63, 3.8) is 0 Å². The number of carbonyl (C=O) groups is 1. The second-order valence-corrected chi connectivity index (χ2v) is 6.20. The van der Waals surface area contributed by atoms with Crippen LogP contribution in [0.3, 0.4) is 0 Å². The molecule has 1 aliphatic rings. The van der Waals surface area contributed by atoms with E-state index in [1.54, 1.807) is 4.90 Å². The van der Waals surface area contributed by atoms with E-state index in [1.807, 2.05) is 32.0 Å². The lowest BCUT2D eigenvalue weighted by Gasteiger charge is -2.25. The van der Waals surface area contributed by atoms with Crippen LogP contribution >= 0.6 is 23.2 Å². The van der Waals surface area contributed by atoms with Crippen molar-refractivity contribution >= 4 is 29.1 Å². The van der Waals surface area contributed by atoms with Crippen LogP contribution in [0.4, 0.5) is 0 Å². The van der Waals surface area contributed by atoms with Crippen LogP contribution < -0.4 is 9.47 Å². The zero-order valence-corrected chi connectivity index (χ0v) is 12.9. The molecule has 0 fully saturated rings. The first-order valence-electron chi connectivity index (χ1n) is 6.43. The first kappa shape index (κ1) is 15.3. The molecule has 1 aliphatic heterocycles. The summed E-state index contributed by atoms with van der Waals surface area (Å²) in [5.41, 5.74) is 0.956. The minimum absolute atomic E-state index is 0.235. The van der Waals surface area contributed by atoms with Crippen LogP contribution in [0.1, 0.15) is 19.4 Å². The Balaban J connectivity index is 2.12. The van der Waals surface area contributed by atoms with E-state index in [-0.39, 0.29) is 12.7 Å². The molecule has 0 saturated carbocycles. The predicted octanol–water partition coefficient (Wildman–Crippen LogP) is 3.20. The fraction of sp³-hybridized carbons (Fsp3) is 0.500. The molecule has 20 heavy (non-hydrogen) atoms. The number of hydrogen-bond donors (Lipinski definition) is 0. The lowest BCUT2D eigenvalue weighted by atomic mass is 10.1. The van der Waals surface area contributed by atoms with Crippen molar-refractivity contribution < 1.29 is 14.3 Å². The second kappa shape index (κ2) is 6.55. The van der Waals surface area contributed by atoms with Gasteiger partial charge in [0.05, 0.1) is 0 Å². The minimum atomic E-state index is -1.04. The Morgan fingerprint density at radius 2 is 2.00 bits per heavy atom. The van der Waals surface area contributed by atoms with Crippen LogP contribution in [0.2, 0.25) is 0 Å². The van der Waals surface area contributed by atoms with Gasteiger partial charge < -0.3 is 14.4 Å². The highest BCUT2D eigenvalue weighted by molar-refractivity contribution is 6.53. The van der Waals surface area contributed by atoms with Gasteiger partial charge in [-0.2, -0.15) is 0 Å². The molecule has 0 atom stereocenters. The summed E-state index contributed by atoms with van der Waals surface area (Å²) in [6, 6.07) is 5.63. The summed E-state index contributed by atoms with van der Waals surface area (Å²) in [5, 5.41) is 0. The Hall–Kier alpha value is -1.13. The Morgan fingerprint density at radius 3 is 2.65 bits per heavy atom. The molecule has 0 aromatic heterocycles. The van der Waals surface area contributed by atoms with E-state index in [0.717, 1.165) is 11.3 Å². The molecular weight excluding hydrogens is 301 g/mol. The number of halogens is 2. The number of alkyl halides is 2. The fourth-order valence-corrected chi connectivity index (χ4v) is 2.35. The number of carbonyl (C=O) groups excluding carboxylic acids is 1. The normalized spacial score (nSPS) is 13.1. The smallest absolute Gasteiger partial charge is 0.256 e. The highest BCUT2D eigenvalue weighted by atomic mass is 35.5. The molecule has 6 heteroatoms. The molecule has 0 saturated heterocycles. The molecule has 0 unspecified atom stereocenters. The summed E-state index contributed by atoms with van der Waals surface area (Å²) in [4.78, 5) is 12.6. The Morgan fingerprint density at radius 1 is 1.30 bits per heavy atom. The maximum Gasteiger partial charge on any atom is 0.256 e. The van der Waals surface area contributed by atoms with Gasteiger partial charge >= 0.3 is 0 Å². The van der Waals surface area contributed by atoms with E-state index in [0.29, 0.717) is 24.8 Å². The maximum atomic E-state index is 12.0.